The van der Waals surface area contributed by atoms with Crippen LogP contribution < -0.4 is 0 Å². The molecule has 0 aliphatic heterocycles. The van der Waals surface area contributed by atoms with Crippen LogP contribution in [-0.2, 0) is 6.42 Å². The highest BCUT2D eigenvalue weighted by molar-refractivity contribution is 5.19. The molecule has 1 rings (SSSR count). The Morgan fingerprint density at radius 2 is 1.92 bits per heavy atom. The van der Waals surface area contributed by atoms with Crippen molar-refractivity contribution in [3.8, 4) is 0 Å². The number of hydrogen-bond acceptors (Lipinski definition) is 2. The maximum absolute atomic E-state index is 4.21. The van der Waals surface area contributed by atoms with Gasteiger partial charge < -0.3 is 0 Å². The third kappa shape index (κ3) is 3.53. The first-order valence-corrected chi connectivity index (χ1v) is 5.04. The van der Waals surface area contributed by atoms with Gasteiger partial charge in [0.2, 0.25) is 0 Å². The van der Waals surface area contributed by atoms with E-state index < -0.39 is 0 Å². The SMILES string of the molecule is CC.CCc1ncncc1C(C)C. The highest BCUT2D eigenvalue weighted by Gasteiger charge is 2.04. The molecular formula is C11H20N2. The van der Waals surface area contributed by atoms with Gasteiger partial charge in [-0.3, -0.25) is 0 Å². The average Bonchev–Trinajstić information content (AvgIpc) is 2.20. The Hall–Kier alpha value is -0.920. The van der Waals surface area contributed by atoms with Crippen molar-refractivity contribution >= 4 is 0 Å². The molecule has 2 heteroatoms. The highest BCUT2D eigenvalue weighted by Crippen LogP contribution is 2.15. The summed E-state index contributed by atoms with van der Waals surface area (Å²) in [6.07, 6.45) is 4.53. The average molecular weight is 180 g/mol. The van der Waals surface area contributed by atoms with Crippen LogP contribution in [0.3, 0.4) is 0 Å². The zero-order valence-electron chi connectivity index (χ0n) is 9.33. The van der Waals surface area contributed by atoms with Gasteiger partial charge in [-0.25, -0.2) is 9.97 Å². The van der Waals surface area contributed by atoms with Gasteiger partial charge in [-0.05, 0) is 17.9 Å². The molecule has 0 radical (unpaired) electrons. The lowest BCUT2D eigenvalue weighted by molar-refractivity contribution is 0.809. The van der Waals surface area contributed by atoms with E-state index in [1.165, 1.54) is 11.3 Å². The third-order valence-corrected chi connectivity index (χ3v) is 1.78. The molecule has 74 valence electrons. The Labute approximate surface area is 81.4 Å². The molecule has 0 aromatic carbocycles. The monoisotopic (exact) mass is 180 g/mol. The summed E-state index contributed by atoms with van der Waals surface area (Å²) < 4.78 is 0. The van der Waals surface area contributed by atoms with Gasteiger partial charge in [0.25, 0.3) is 0 Å². The van der Waals surface area contributed by atoms with Gasteiger partial charge in [0.05, 0.1) is 0 Å². The van der Waals surface area contributed by atoms with Gasteiger partial charge in [0.15, 0.2) is 0 Å². The molecule has 2 nitrogen and oxygen atoms in total. The lowest BCUT2D eigenvalue weighted by atomic mass is 10.0. The number of aromatic nitrogens is 2. The fourth-order valence-electron chi connectivity index (χ4n) is 1.14. The van der Waals surface area contributed by atoms with E-state index in [-0.39, 0.29) is 0 Å². The molecule has 0 spiro atoms. The van der Waals surface area contributed by atoms with Crippen LogP contribution in [0.4, 0.5) is 0 Å². The van der Waals surface area contributed by atoms with Crippen LogP contribution in [0.25, 0.3) is 0 Å². The minimum Gasteiger partial charge on any atom is -0.245 e. The number of nitrogens with zero attached hydrogens (tertiary/aromatic N) is 2. The molecule has 0 saturated carbocycles. The van der Waals surface area contributed by atoms with E-state index in [0.717, 1.165) is 6.42 Å². The molecule has 0 bridgehead atoms. The number of rotatable bonds is 2. The van der Waals surface area contributed by atoms with Crippen molar-refractivity contribution in [1.29, 1.82) is 0 Å². The smallest absolute Gasteiger partial charge is 0.115 e. The second kappa shape index (κ2) is 6.58. The molecule has 1 aromatic heterocycles. The summed E-state index contributed by atoms with van der Waals surface area (Å²) in [6, 6.07) is 0. The van der Waals surface area contributed by atoms with E-state index in [4.69, 9.17) is 0 Å². The summed E-state index contributed by atoms with van der Waals surface area (Å²) in [5.74, 6) is 0.533. The lowest BCUT2D eigenvalue weighted by Crippen LogP contribution is -1.98. The molecule has 0 N–H and O–H groups in total. The molecule has 0 atom stereocenters. The van der Waals surface area contributed by atoms with E-state index in [1.54, 1.807) is 6.33 Å². The van der Waals surface area contributed by atoms with Crippen LogP contribution in [0.2, 0.25) is 0 Å². The standard InChI is InChI=1S/C9H14N2.C2H6/c1-4-9-8(7(2)3)5-10-6-11-9;1-2/h5-7H,4H2,1-3H3;1-2H3. The van der Waals surface area contributed by atoms with Gasteiger partial charge in [0.1, 0.15) is 6.33 Å². The van der Waals surface area contributed by atoms with Crippen LogP contribution in [-0.4, -0.2) is 9.97 Å². The molecule has 0 unspecified atom stereocenters. The Balaban J connectivity index is 0.000000671. The highest BCUT2D eigenvalue weighted by atomic mass is 14.8. The van der Waals surface area contributed by atoms with Gasteiger partial charge in [-0.15, -0.1) is 0 Å². The van der Waals surface area contributed by atoms with Crippen molar-refractivity contribution in [2.45, 2.75) is 47.0 Å². The predicted molar refractivity (Wildman–Crippen MR) is 56.8 cm³/mol. The number of hydrogen-bond donors (Lipinski definition) is 0. The van der Waals surface area contributed by atoms with Gasteiger partial charge in [0, 0.05) is 11.9 Å². The van der Waals surface area contributed by atoms with E-state index >= 15 is 0 Å². The molecule has 0 aliphatic rings. The topological polar surface area (TPSA) is 25.8 Å². The second-order valence-electron chi connectivity index (χ2n) is 2.93. The van der Waals surface area contributed by atoms with Crippen LogP contribution in [0, 0.1) is 0 Å². The van der Waals surface area contributed by atoms with Crippen LogP contribution in [0.1, 0.15) is 51.8 Å². The predicted octanol–water partition coefficient (Wildman–Crippen LogP) is 3.19. The van der Waals surface area contributed by atoms with E-state index in [1.807, 2.05) is 20.0 Å². The number of aryl methyl sites for hydroxylation is 1. The van der Waals surface area contributed by atoms with Gasteiger partial charge in [-0.2, -0.15) is 0 Å². The van der Waals surface area contributed by atoms with E-state index in [0.29, 0.717) is 5.92 Å². The largest absolute Gasteiger partial charge is 0.245 e. The zero-order valence-corrected chi connectivity index (χ0v) is 9.33. The van der Waals surface area contributed by atoms with Crippen molar-refractivity contribution in [3.05, 3.63) is 23.8 Å². The first-order valence-electron chi connectivity index (χ1n) is 5.04. The minimum atomic E-state index is 0.533. The Morgan fingerprint density at radius 3 is 2.31 bits per heavy atom. The molecule has 1 aromatic rings. The fourth-order valence-corrected chi connectivity index (χ4v) is 1.14. The summed E-state index contributed by atoms with van der Waals surface area (Å²) in [5, 5.41) is 0. The van der Waals surface area contributed by atoms with Crippen molar-refractivity contribution in [2.24, 2.45) is 0 Å². The van der Waals surface area contributed by atoms with Crippen molar-refractivity contribution in [1.82, 2.24) is 9.97 Å². The zero-order chi connectivity index (χ0) is 10.3. The van der Waals surface area contributed by atoms with Gasteiger partial charge in [-0.1, -0.05) is 34.6 Å². The van der Waals surface area contributed by atoms with Crippen molar-refractivity contribution < 1.29 is 0 Å². The van der Waals surface area contributed by atoms with Crippen molar-refractivity contribution in [2.75, 3.05) is 0 Å². The molecule has 0 aliphatic carbocycles. The maximum atomic E-state index is 4.21. The van der Waals surface area contributed by atoms with E-state index in [2.05, 4.69) is 30.7 Å². The van der Waals surface area contributed by atoms with Crippen LogP contribution in [0.15, 0.2) is 12.5 Å². The molecule has 13 heavy (non-hydrogen) atoms. The van der Waals surface area contributed by atoms with E-state index in [9.17, 15) is 0 Å². The molecular weight excluding hydrogens is 160 g/mol. The Bertz CT molecular complexity index is 231. The maximum Gasteiger partial charge on any atom is 0.115 e. The van der Waals surface area contributed by atoms with Crippen LogP contribution >= 0.6 is 0 Å². The van der Waals surface area contributed by atoms with Gasteiger partial charge >= 0.3 is 0 Å². The second-order valence-corrected chi connectivity index (χ2v) is 2.93. The molecule has 1 heterocycles. The summed E-state index contributed by atoms with van der Waals surface area (Å²) in [5.41, 5.74) is 2.45. The molecule has 0 saturated heterocycles. The first kappa shape index (κ1) is 12.1. The summed E-state index contributed by atoms with van der Waals surface area (Å²) >= 11 is 0. The Kier molecular flexibility index (Phi) is 6.11. The van der Waals surface area contributed by atoms with Crippen molar-refractivity contribution in [3.63, 3.8) is 0 Å². The Morgan fingerprint density at radius 1 is 1.31 bits per heavy atom. The first-order chi connectivity index (χ1) is 6.25. The minimum absolute atomic E-state index is 0.533. The fraction of sp³-hybridized carbons (Fsp3) is 0.636. The molecule has 0 amide bonds. The summed E-state index contributed by atoms with van der Waals surface area (Å²) in [4.78, 5) is 8.21. The summed E-state index contributed by atoms with van der Waals surface area (Å²) in [6.45, 7) is 10.4. The van der Waals surface area contributed by atoms with Crippen LogP contribution in [0.5, 0.6) is 0 Å². The molecule has 0 fully saturated rings. The summed E-state index contributed by atoms with van der Waals surface area (Å²) in [7, 11) is 0. The lowest BCUT2D eigenvalue weighted by Gasteiger charge is -2.07. The third-order valence-electron chi connectivity index (χ3n) is 1.78. The quantitative estimate of drug-likeness (QED) is 0.698. The normalized spacial score (nSPS) is 9.38.